The van der Waals surface area contributed by atoms with Crippen LogP contribution in [0.5, 0.6) is 0 Å². The van der Waals surface area contributed by atoms with E-state index in [2.05, 4.69) is 10.2 Å². The Morgan fingerprint density at radius 1 is 1.25 bits per heavy atom. The summed E-state index contributed by atoms with van der Waals surface area (Å²) in [6, 6.07) is 0. The van der Waals surface area contributed by atoms with Crippen LogP contribution in [0.2, 0.25) is 0 Å². The Morgan fingerprint density at radius 2 is 1.75 bits per heavy atom. The fourth-order valence-corrected chi connectivity index (χ4v) is 1.43. The van der Waals surface area contributed by atoms with Crippen LogP contribution in [0.3, 0.4) is 0 Å². The summed E-state index contributed by atoms with van der Waals surface area (Å²) in [6.07, 6.45) is 0. The number of nitrogens with zero attached hydrogens (tertiary/aromatic N) is 1. The SMILES string of the molecule is CC(C)(C)OC(=O)CN1CCNCC1.Cl.Cl. The number of esters is 1. The quantitative estimate of drug-likeness (QED) is 0.764. The van der Waals surface area contributed by atoms with Gasteiger partial charge in [-0.3, -0.25) is 9.69 Å². The van der Waals surface area contributed by atoms with Gasteiger partial charge in [0.15, 0.2) is 0 Å². The lowest BCUT2D eigenvalue weighted by atomic mass is 10.2. The first-order valence-electron chi connectivity index (χ1n) is 5.12. The predicted octanol–water partition coefficient (Wildman–Crippen LogP) is 1.08. The highest BCUT2D eigenvalue weighted by molar-refractivity contribution is 5.85. The molecular formula is C10H22Cl2N2O2. The molecule has 0 aromatic rings. The summed E-state index contributed by atoms with van der Waals surface area (Å²) in [7, 11) is 0. The molecule has 1 rings (SSSR count). The molecule has 0 aliphatic carbocycles. The maximum atomic E-state index is 11.4. The van der Waals surface area contributed by atoms with Gasteiger partial charge in [0, 0.05) is 26.2 Å². The van der Waals surface area contributed by atoms with Crippen LogP contribution in [0.1, 0.15) is 20.8 Å². The molecule has 1 fully saturated rings. The molecule has 0 bridgehead atoms. The molecule has 0 unspecified atom stereocenters. The average molecular weight is 273 g/mol. The number of ether oxygens (including phenoxy) is 1. The number of carbonyl (C=O) groups is 1. The van der Waals surface area contributed by atoms with Crippen LogP contribution in [0.15, 0.2) is 0 Å². The van der Waals surface area contributed by atoms with Crippen LogP contribution in [0, 0.1) is 0 Å². The summed E-state index contributed by atoms with van der Waals surface area (Å²) < 4.78 is 5.24. The zero-order chi connectivity index (χ0) is 10.6. The Labute approximate surface area is 110 Å². The molecule has 0 aromatic heterocycles. The smallest absolute Gasteiger partial charge is 0.320 e. The molecule has 0 radical (unpaired) electrons. The lowest BCUT2D eigenvalue weighted by molar-refractivity contribution is -0.156. The molecule has 1 N–H and O–H groups in total. The second-order valence-corrected chi connectivity index (χ2v) is 4.61. The van der Waals surface area contributed by atoms with Crippen LogP contribution in [-0.4, -0.2) is 49.2 Å². The van der Waals surface area contributed by atoms with Gasteiger partial charge in [-0.15, -0.1) is 24.8 Å². The van der Waals surface area contributed by atoms with Gasteiger partial charge in [-0.05, 0) is 20.8 Å². The third kappa shape index (κ3) is 8.16. The van der Waals surface area contributed by atoms with E-state index in [0.29, 0.717) is 6.54 Å². The van der Waals surface area contributed by atoms with Gasteiger partial charge in [-0.2, -0.15) is 0 Å². The minimum absolute atomic E-state index is 0. The Kier molecular flexibility index (Phi) is 9.30. The van der Waals surface area contributed by atoms with E-state index < -0.39 is 0 Å². The van der Waals surface area contributed by atoms with Crippen molar-refractivity contribution in [2.24, 2.45) is 0 Å². The summed E-state index contributed by atoms with van der Waals surface area (Å²) in [5, 5.41) is 3.24. The van der Waals surface area contributed by atoms with E-state index >= 15 is 0 Å². The number of carbonyl (C=O) groups excluding carboxylic acids is 1. The van der Waals surface area contributed by atoms with Crippen LogP contribution in [-0.2, 0) is 9.53 Å². The molecule has 6 heteroatoms. The normalized spacial score (nSPS) is 16.9. The third-order valence-corrected chi connectivity index (χ3v) is 1.98. The van der Waals surface area contributed by atoms with Gasteiger partial charge < -0.3 is 10.1 Å². The van der Waals surface area contributed by atoms with Gasteiger partial charge in [0.25, 0.3) is 0 Å². The van der Waals surface area contributed by atoms with Gasteiger partial charge in [-0.1, -0.05) is 0 Å². The predicted molar refractivity (Wildman–Crippen MR) is 69.7 cm³/mol. The Bertz CT molecular complexity index is 201. The monoisotopic (exact) mass is 272 g/mol. The highest BCUT2D eigenvalue weighted by atomic mass is 35.5. The second-order valence-electron chi connectivity index (χ2n) is 4.61. The van der Waals surface area contributed by atoms with Gasteiger partial charge in [0.05, 0.1) is 6.54 Å². The summed E-state index contributed by atoms with van der Waals surface area (Å²) >= 11 is 0. The minimum atomic E-state index is -0.370. The van der Waals surface area contributed by atoms with E-state index in [1.165, 1.54) is 0 Å². The number of rotatable bonds is 2. The van der Waals surface area contributed by atoms with Crippen LogP contribution < -0.4 is 5.32 Å². The van der Waals surface area contributed by atoms with Crippen molar-refractivity contribution in [3.63, 3.8) is 0 Å². The van der Waals surface area contributed by atoms with Crippen molar-refractivity contribution in [1.29, 1.82) is 0 Å². The highest BCUT2D eigenvalue weighted by Gasteiger charge is 2.19. The van der Waals surface area contributed by atoms with Crippen LogP contribution in [0.25, 0.3) is 0 Å². The Morgan fingerprint density at radius 3 is 2.19 bits per heavy atom. The first-order valence-corrected chi connectivity index (χ1v) is 5.12. The van der Waals surface area contributed by atoms with Gasteiger partial charge in [0.1, 0.15) is 5.60 Å². The van der Waals surface area contributed by atoms with Gasteiger partial charge in [0.2, 0.25) is 0 Å². The molecule has 98 valence electrons. The number of hydrogen-bond donors (Lipinski definition) is 1. The fourth-order valence-electron chi connectivity index (χ4n) is 1.43. The topological polar surface area (TPSA) is 41.6 Å². The van der Waals surface area contributed by atoms with E-state index in [0.717, 1.165) is 26.2 Å². The summed E-state index contributed by atoms with van der Waals surface area (Å²) in [6.45, 7) is 9.87. The Balaban J connectivity index is 0. The molecule has 0 amide bonds. The first-order chi connectivity index (χ1) is 6.47. The summed E-state index contributed by atoms with van der Waals surface area (Å²) in [5.74, 6) is -0.126. The second kappa shape index (κ2) is 8.12. The molecule has 1 aliphatic rings. The average Bonchev–Trinajstić information content (AvgIpc) is 2.02. The van der Waals surface area contributed by atoms with E-state index in [1.807, 2.05) is 20.8 Å². The maximum absolute atomic E-state index is 11.4. The molecule has 0 saturated carbocycles. The van der Waals surface area contributed by atoms with Crippen molar-refractivity contribution in [1.82, 2.24) is 10.2 Å². The molecule has 0 atom stereocenters. The van der Waals surface area contributed by atoms with E-state index in [1.54, 1.807) is 0 Å². The summed E-state index contributed by atoms with van der Waals surface area (Å²) in [5.41, 5.74) is -0.370. The van der Waals surface area contributed by atoms with Gasteiger partial charge >= 0.3 is 5.97 Å². The first kappa shape index (κ1) is 18.3. The number of nitrogens with one attached hydrogen (secondary N) is 1. The Hall–Kier alpha value is -0.0300. The van der Waals surface area contributed by atoms with Crippen LogP contribution >= 0.6 is 24.8 Å². The van der Waals surface area contributed by atoms with E-state index in [4.69, 9.17) is 4.74 Å². The molecule has 1 saturated heterocycles. The zero-order valence-electron chi connectivity index (χ0n) is 10.1. The number of halogens is 2. The van der Waals surface area contributed by atoms with Crippen molar-refractivity contribution in [2.45, 2.75) is 26.4 Å². The molecule has 4 nitrogen and oxygen atoms in total. The standard InChI is InChI=1S/C10H20N2O2.2ClH/c1-10(2,3)14-9(13)8-12-6-4-11-5-7-12;;/h11H,4-8H2,1-3H3;2*1H. The summed E-state index contributed by atoms with van der Waals surface area (Å²) in [4.78, 5) is 13.6. The van der Waals surface area contributed by atoms with Crippen molar-refractivity contribution in [3.8, 4) is 0 Å². The number of hydrogen-bond acceptors (Lipinski definition) is 4. The van der Waals surface area contributed by atoms with Crippen molar-refractivity contribution in [3.05, 3.63) is 0 Å². The van der Waals surface area contributed by atoms with Crippen LogP contribution in [0.4, 0.5) is 0 Å². The lowest BCUT2D eigenvalue weighted by Gasteiger charge is -2.28. The molecule has 0 spiro atoms. The van der Waals surface area contributed by atoms with E-state index in [9.17, 15) is 4.79 Å². The van der Waals surface area contributed by atoms with E-state index in [-0.39, 0.29) is 36.4 Å². The lowest BCUT2D eigenvalue weighted by Crippen LogP contribution is -2.46. The minimum Gasteiger partial charge on any atom is -0.459 e. The molecular weight excluding hydrogens is 251 g/mol. The van der Waals surface area contributed by atoms with Crippen molar-refractivity contribution >= 4 is 30.8 Å². The van der Waals surface area contributed by atoms with Gasteiger partial charge in [-0.25, -0.2) is 0 Å². The molecule has 0 aromatic carbocycles. The molecule has 1 heterocycles. The molecule has 16 heavy (non-hydrogen) atoms. The third-order valence-electron chi connectivity index (χ3n) is 1.98. The van der Waals surface area contributed by atoms with Crippen molar-refractivity contribution < 1.29 is 9.53 Å². The number of piperazine rings is 1. The van der Waals surface area contributed by atoms with Crippen molar-refractivity contribution in [2.75, 3.05) is 32.7 Å². The maximum Gasteiger partial charge on any atom is 0.320 e. The zero-order valence-corrected chi connectivity index (χ0v) is 11.7. The highest BCUT2D eigenvalue weighted by Crippen LogP contribution is 2.07. The fraction of sp³-hybridized carbons (Fsp3) is 0.900. The molecule has 1 aliphatic heterocycles. The largest absolute Gasteiger partial charge is 0.459 e.